The molecule has 0 bridgehead atoms. The number of aryl methyl sites for hydroxylation is 1. The highest BCUT2D eigenvalue weighted by atomic mass is 35.5. The lowest BCUT2D eigenvalue weighted by molar-refractivity contribution is 0.744. The number of para-hydroxylation sites is 2. The Labute approximate surface area is 139 Å². The van der Waals surface area contributed by atoms with Gasteiger partial charge in [0.25, 0.3) is 0 Å². The van der Waals surface area contributed by atoms with Crippen LogP contribution in [0.4, 0.5) is 5.69 Å². The third-order valence-corrected chi connectivity index (χ3v) is 3.88. The zero-order valence-electron chi connectivity index (χ0n) is 12.4. The van der Waals surface area contributed by atoms with Crippen LogP contribution in [0.2, 0.25) is 5.02 Å². The summed E-state index contributed by atoms with van der Waals surface area (Å²) >= 11 is 6.09. The van der Waals surface area contributed by atoms with Crippen molar-refractivity contribution < 1.29 is 0 Å². The van der Waals surface area contributed by atoms with Gasteiger partial charge in [-0.2, -0.15) is 10.4 Å². The number of benzene rings is 2. The fraction of sp³-hybridized carbons (Fsp3) is 0.111. The first kappa shape index (κ1) is 15.1. The smallest absolute Gasteiger partial charge is 0.0748 e. The zero-order valence-corrected chi connectivity index (χ0v) is 13.2. The number of nitrogens with one attached hydrogen (secondary N) is 1. The number of hydrogen-bond donors (Lipinski definition) is 1. The molecule has 3 aromatic rings. The highest BCUT2D eigenvalue weighted by Gasteiger charge is 2.06. The minimum Gasteiger partial charge on any atom is -0.346 e. The lowest BCUT2D eigenvalue weighted by atomic mass is 10.2. The molecule has 0 aliphatic heterocycles. The van der Waals surface area contributed by atoms with Gasteiger partial charge in [0, 0.05) is 29.2 Å². The molecule has 2 aromatic carbocycles. The zero-order chi connectivity index (χ0) is 16.1. The summed E-state index contributed by atoms with van der Waals surface area (Å²) in [6.07, 6.45) is 4.27. The molecule has 3 rings (SSSR count). The van der Waals surface area contributed by atoms with Gasteiger partial charge >= 0.3 is 0 Å². The van der Waals surface area contributed by atoms with Gasteiger partial charge in [-0.25, -0.2) is 0 Å². The van der Waals surface area contributed by atoms with Gasteiger partial charge in [-0.3, -0.25) is 5.43 Å². The number of hydrazone groups is 1. The Hall–Kier alpha value is -2.77. The van der Waals surface area contributed by atoms with Crippen LogP contribution in [0, 0.1) is 11.3 Å². The van der Waals surface area contributed by atoms with Gasteiger partial charge in [0.05, 0.1) is 29.4 Å². The summed E-state index contributed by atoms with van der Waals surface area (Å²) in [7, 11) is 0. The topological polar surface area (TPSA) is 53.1 Å². The maximum absolute atomic E-state index is 8.79. The molecule has 0 radical (unpaired) electrons. The minimum atomic E-state index is 0.479. The van der Waals surface area contributed by atoms with E-state index in [-0.39, 0.29) is 0 Å². The van der Waals surface area contributed by atoms with Crippen molar-refractivity contribution in [3.8, 4) is 6.07 Å². The van der Waals surface area contributed by atoms with Crippen LogP contribution in [-0.2, 0) is 6.54 Å². The van der Waals surface area contributed by atoms with Crippen LogP contribution in [0.25, 0.3) is 10.9 Å². The highest BCUT2D eigenvalue weighted by Crippen LogP contribution is 2.22. The average molecular weight is 323 g/mol. The van der Waals surface area contributed by atoms with Crippen molar-refractivity contribution in [1.29, 1.82) is 5.26 Å². The Balaban J connectivity index is 1.86. The number of nitrogens with zero attached hydrogens (tertiary/aromatic N) is 3. The molecular formula is C18H15ClN4. The number of fused-ring (bicyclic) bond motifs is 1. The van der Waals surface area contributed by atoms with Crippen LogP contribution in [0.3, 0.4) is 0 Å². The average Bonchev–Trinajstić information content (AvgIpc) is 2.93. The summed E-state index contributed by atoms with van der Waals surface area (Å²) in [5, 5.41) is 14.8. The number of hydrogen-bond acceptors (Lipinski definition) is 3. The summed E-state index contributed by atoms with van der Waals surface area (Å²) in [6.45, 7) is 0.669. The van der Waals surface area contributed by atoms with Crippen molar-refractivity contribution in [1.82, 2.24) is 4.57 Å². The van der Waals surface area contributed by atoms with E-state index in [0.29, 0.717) is 18.0 Å². The molecule has 0 aliphatic carbocycles. The number of aromatic nitrogens is 1. The Morgan fingerprint density at radius 1 is 1.17 bits per heavy atom. The van der Waals surface area contributed by atoms with E-state index >= 15 is 0 Å². The molecule has 5 heteroatoms. The molecule has 0 saturated carbocycles. The molecule has 0 saturated heterocycles. The second-order valence-electron chi connectivity index (χ2n) is 5.05. The predicted octanol–water partition coefficient (Wildman–Crippen LogP) is 4.65. The first-order valence-corrected chi connectivity index (χ1v) is 7.66. The van der Waals surface area contributed by atoms with Crippen LogP contribution in [0.5, 0.6) is 0 Å². The van der Waals surface area contributed by atoms with E-state index in [2.05, 4.69) is 27.2 Å². The van der Waals surface area contributed by atoms with Crippen molar-refractivity contribution in [2.24, 2.45) is 5.10 Å². The summed E-state index contributed by atoms with van der Waals surface area (Å²) in [5.41, 5.74) is 5.81. The van der Waals surface area contributed by atoms with Crippen LogP contribution < -0.4 is 5.43 Å². The van der Waals surface area contributed by atoms with E-state index in [4.69, 9.17) is 16.9 Å². The third kappa shape index (κ3) is 3.36. The van der Waals surface area contributed by atoms with E-state index in [1.54, 1.807) is 6.21 Å². The molecule has 0 aliphatic rings. The van der Waals surface area contributed by atoms with E-state index in [0.717, 1.165) is 22.2 Å². The molecule has 1 N–H and O–H groups in total. The van der Waals surface area contributed by atoms with Gasteiger partial charge in [-0.05, 0) is 18.2 Å². The summed E-state index contributed by atoms with van der Waals surface area (Å²) in [6, 6.07) is 17.7. The van der Waals surface area contributed by atoms with E-state index in [1.807, 2.05) is 48.7 Å². The summed E-state index contributed by atoms with van der Waals surface area (Å²) in [5.74, 6) is 0. The fourth-order valence-electron chi connectivity index (χ4n) is 2.46. The number of rotatable bonds is 5. The normalized spacial score (nSPS) is 11.0. The van der Waals surface area contributed by atoms with Crippen LogP contribution >= 0.6 is 11.6 Å². The highest BCUT2D eigenvalue weighted by molar-refractivity contribution is 6.33. The fourth-order valence-corrected chi connectivity index (χ4v) is 2.63. The Morgan fingerprint density at radius 3 is 2.78 bits per heavy atom. The Kier molecular flexibility index (Phi) is 4.60. The van der Waals surface area contributed by atoms with Crippen molar-refractivity contribution in [3.63, 3.8) is 0 Å². The van der Waals surface area contributed by atoms with Gasteiger partial charge in [-0.1, -0.05) is 41.9 Å². The molecule has 0 amide bonds. The van der Waals surface area contributed by atoms with Gasteiger partial charge in [0.2, 0.25) is 0 Å². The molecular weight excluding hydrogens is 308 g/mol. The van der Waals surface area contributed by atoms with Crippen LogP contribution in [-0.4, -0.2) is 10.8 Å². The minimum absolute atomic E-state index is 0.479. The standard InChI is InChI=1S/C18H15ClN4/c19-16-7-2-3-8-17(16)22-21-12-14-13-23(11-5-10-20)18-9-4-1-6-15(14)18/h1-4,6-9,12-13,22H,5,11H2/b21-12-. The Morgan fingerprint density at radius 2 is 1.96 bits per heavy atom. The predicted molar refractivity (Wildman–Crippen MR) is 94.8 cm³/mol. The van der Waals surface area contributed by atoms with Crippen molar-refractivity contribution in [2.75, 3.05) is 5.43 Å². The Bertz CT molecular complexity index is 889. The van der Waals surface area contributed by atoms with Crippen LogP contribution in [0.1, 0.15) is 12.0 Å². The number of anilines is 1. The molecule has 0 unspecified atom stereocenters. The molecule has 4 nitrogen and oxygen atoms in total. The lowest BCUT2D eigenvalue weighted by Gasteiger charge is -2.01. The van der Waals surface area contributed by atoms with Gasteiger partial charge in [0.1, 0.15) is 0 Å². The SMILES string of the molecule is N#CCCn1cc(/C=N\Nc2ccccc2Cl)c2ccccc21. The van der Waals surface area contributed by atoms with E-state index < -0.39 is 0 Å². The van der Waals surface area contributed by atoms with Crippen molar-refractivity contribution in [3.05, 3.63) is 65.3 Å². The largest absolute Gasteiger partial charge is 0.346 e. The molecule has 23 heavy (non-hydrogen) atoms. The number of halogens is 1. The molecule has 1 aromatic heterocycles. The number of nitriles is 1. The van der Waals surface area contributed by atoms with Crippen molar-refractivity contribution >= 4 is 34.4 Å². The van der Waals surface area contributed by atoms with Gasteiger partial charge in [0.15, 0.2) is 0 Å². The molecule has 0 fully saturated rings. The van der Waals surface area contributed by atoms with Gasteiger partial charge in [-0.15, -0.1) is 0 Å². The summed E-state index contributed by atoms with van der Waals surface area (Å²) in [4.78, 5) is 0. The molecule has 1 heterocycles. The third-order valence-electron chi connectivity index (χ3n) is 3.55. The first-order chi connectivity index (χ1) is 11.3. The van der Waals surface area contributed by atoms with Crippen molar-refractivity contribution in [2.45, 2.75) is 13.0 Å². The van der Waals surface area contributed by atoms with Gasteiger partial charge < -0.3 is 4.57 Å². The maximum atomic E-state index is 8.79. The second kappa shape index (κ2) is 6.99. The molecule has 0 atom stereocenters. The van der Waals surface area contributed by atoms with Crippen LogP contribution in [0.15, 0.2) is 59.8 Å². The monoisotopic (exact) mass is 322 g/mol. The maximum Gasteiger partial charge on any atom is 0.0748 e. The molecule has 0 spiro atoms. The quantitative estimate of drug-likeness (QED) is 0.549. The second-order valence-corrected chi connectivity index (χ2v) is 5.46. The van der Waals surface area contributed by atoms with E-state index in [1.165, 1.54) is 0 Å². The van der Waals surface area contributed by atoms with E-state index in [9.17, 15) is 0 Å². The summed E-state index contributed by atoms with van der Waals surface area (Å²) < 4.78 is 2.08. The first-order valence-electron chi connectivity index (χ1n) is 7.28. The lowest BCUT2D eigenvalue weighted by Crippen LogP contribution is -1.94. The molecule has 114 valence electrons.